The summed E-state index contributed by atoms with van der Waals surface area (Å²) in [6.45, 7) is 2.52. The number of likely N-dealkylation sites (tertiary alicyclic amines) is 1. The lowest BCUT2D eigenvalue weighted by atomic mass is 10.2. The van der Waals surface area contributed by atoms with Gasteiger partial charge in [0, 0.05) is 6.54 Å². The summed E-state index contributed by atoms with van der Waals surface area (Å²) in [4.78, 5) is 2.36. The van der Waals surface area contributed by atoms with Gasteiger partial charge in [-0.25, -0.2) is 0 Å². The lowest BCUT2D eigenvalue weighted by molar-refractivity contribution is 0.403. The van der Waals surface area contributed by atoms with E-state index in [9.17, 15) is 0 Å². The highest BCUT2D eigenvalue weighted by atomic mass is 32.1. The molecule has 1 nitrogen and oxygen atoms in total. The Kier molecular flexibility index (Phi) is 2.20. The van der Waals surface area contributed by atoms with Crippen molar-refractivity contribution in [3.8, 4) is 0 Å². The molecular weight excluding hydrogens is 118 g/mol. The van der Waals surface area contributed by atoms with E-state index < -0.39 is 0 Å². The predicted molar refractivity (Wildman–Crippen MR) is 39.5 cm³/mol. The van der Waals surface area contributed by atoms with Crippen LogP contribution in [0.2, 0.25) is 0 Å². The van der Waals surface area contributed by atoms with E-state index in [4.69, 9.17) is 0 Å². The Morgan fingerprint density at radius 1 is 1.75 bits per heavy atom. The first-order chi connectivity index (χ1) is 3.83. The second-order valence-corrected chi connectivity index (χ2v) is 2.96. The molecule has 48 valence electrons. The zero-order valence-corrected chi connectivity index (χ0v) is 6.19. The fourth-order valence-corrected chi connectivity index (χ4v) is 1.47. The van der Waals surface area contributed by atoms with Crippen LogP contribution in [0.3, 0.4) is 0 Å². The van der Waals surface area contributed by atoms with Crippen molar-refractivity contribution in [1.29, 1.82) is 0 Å². The van der Waals surface area contributed by atoms with Gasteiger partial charge in [-0.2, -0.15) is 12.6 Å². The molecule has 0 aromatic rings. The van der Waals surface area contributed by atoms with Gasteiger partial charge in [0.1, 0.15) is 0 Å². The largest absolute Gasteiger partial charge is 0.306 e. The minimum Gasteiger partial charge on any atom is -0.306 e. The standard InChI is InChI=1S/C6H13NS/c1-7-3-2-6(4-7)5-8/h6,8H,2-5H2,1H3. The molecule has 0 radical (unpaired) electrons. The van der Waals surface area contributed by atoms with Crippen LogP contribution in [0.25, 0.3) is 0 Å². The van der Waals surface area contributed by atoms with Crippen molar-refractivity contribution in [3.63, 3.8) is 0 Å². The smallest absolute Gasteiger partial charge is 0.00149 e. The summed E-state index contributed by atoms with van der Waals surface area (Å²) in [6.07, 6.45) is 1.35. The Balaban J connectivity index is 2.22. The van der Waals surface area contributed by atoms with E-state index in [1.807, 2.05) is 0 Å². The van der Waals surface area contributed by atoms with Gasteiger partial charge in [0.2, 0.25) is 0 Å². The Bertz CT molecular complexity index is 74.9. The van der Waals surface area contributed by atoms with E-state index in [0.29, 0.717) is 0 Å². The summed E-state index contributed by atoms with van der Waals surface area (Å²) in [5, 5.41) is 0. The van der Waals surface area contributed by atoms with E-state index in [0.717, 1.165) is 11.7 Å². The highest BCUT2D eigenvalue weighted by molar-refractivity contribution is 7.80. The third-order valence-corrected chi connectivity index (χ3v) is 2.26. The number of rotatable bonds is 1. The molecule has 1 aliphatic heterocycles. The van der Waals surface area contributed by atoms with Crippen LogP contribution in [-0.2, 0) is 0 Å². The van der Waals surface area contributed by atoms with Crippen molar-refractivity contribution in [3.05, 3.63) is 0 Å². The van der Waals surface area contributed by atoms with Gasteiger partial charge in [0.05, 0.1) is 0 Å². The van der Waals surface area contributed by atoms with Gasteiger partial charge < -0.3 is 4.90 Å². The number of hydrogen-bond acceptors (Lipinski definition) is 2. The summed E-state index contributed by atoms with van der Waals surface area (Å²) in [7, 11) is 2.17. The molecule has 1 saturated heterocycles. The van der Waals surface area contributed by atoms with E-state index in [-0.39, 0.29) is 0 Å². The predicted octanol–water partition coefficient (Wildman–Crippen LogP) is 0.868. The summed E-state index contributed by atoms with van der Waals surface area (Å²) in [5.41, 5.74) is 0. The van der Waals surface area contributed by atoms with E-state index in [2.05, 4.69) is 24.6 Å². The van der Waals surface area contributed by atoms with Crippen LogP contribution in [0.1, 0.15) is 6.42 Å². The van der Waals surface area contributed by atoms with Crippen LogP contribution in [-0.4, -0.2) is 30.8 Å². The van der Waals surface area contributed by atoms with Gasteiger partial charge >= 0.3 is 0 Å². The van der Waals surface area contributed by atoms with E-state index in [1.165, 1.54) is 19.5 Å². The minimum absolute atomic E-state index is 0.864. The summed E-state index contributed by atoms with van der Waals surface area (Å²) < 4.78 is 0. The fraction of sp³-hybridized carbons (Fsp3) is 1.00. The first-order valence-corrected chi connectivity index (χ1v) is 3.75. The molecule has 0 aromatic heterocycles. The Labute approximate surface area is 56.5 Å². The van der Waals surface area contributed by atoms with Crippen LogP contribution in [0.15, 0.2) is 0 Å². The van der Waals surface area contributed by atoms with Crippen molar-refractivity contribution < 1.29 is 0 Å². The molecule has 1 rings (SSSR count). The monoisotopic (exact) mass is 131 g/mol. The maximum absolute atomic E-state index is 4.23. The van der Waals surface area contributed by atoms with Crippen molar-refractivity contribution in [2.75, 3.05) is 25.9 Å². The number of nitrogens with zero attached hydrogens (tertiary/aromatic N) is 1. The second kappa shape index (κ2) is 2.74. The van der Waals surface area contributed by atoms with Crippen molar-refractivity contribution in [2.24, 2.45) is 5.92 Å². The third kappa shape index (κ3) is 1.39. The molecule has 1 fully saturated rings. The topological polar surface area (TPSA) is 3.24 Å². The molecule has 1 unspecified atom stereocenters. The third-order valence-electron chi connectivity index (χ3n) is 1.75. The van der Waals surface area contributed by atoms with Crippen LogP contribution in [0.5, 0.6) is 0 Å². The molecule has 2 heteroatoms. The maximum atomic E-state index is 4.23. The fourth-order valence-electron chi connectivity index (χ4n) is 1.18. The first-order valence-electron chi connectivity index (χ1n) is 3.12. The summed E-state index contributed by atoms with van der Waals surface area (Å²) in [5.74, 6) is 1.92. The number of thiol groups is 1. The first kappa shape index (κ1) is 6.43. The minimum atomic E-state index is 0.864. The molecule has 8 heavy (non-hydrogen) atoms. The molecule has 1 heterocycles. The quantitative estimate of drug-likeness (QED) is 0.517. The molecule has 0 aliphatic carbocycles. The Morgan fingerprint density at radius 3 is 2.75 bits per heavy atom. The van der Waals surface area contributed by atoms with Crippen LogP contribution in [0.4, 0.5) is 0 Å². The van der Waals surface area contributed by atoms with Gasteiger partial charge in [0.25, 0.3) is 0 Å². The highest BCUT2D eigenvalue weighted by Crippen LogP contribution is 2.14. The second-order valence-electron chi connectivity index (χ2n) is 2.60. The number of hydrogen-bond donors (Lipinski definition) is 1. The Hall–Kier alpha value is 0.310. The lowest BCUT2D eigenvalue weighted by Crippen LogP contribution is -2.14. The molecule has 0 amide bonds. The molecule has 1 aliphatic rings. The SMILES string of the molecule is CN1CCC(CS)C1. The van der Waals surface area contributed by atoms with E-state index >= 15 is 0 Å². The van der Waals surface area contributed by atoms with Crippen LogP contribution in [0, 0.1) is 5.92 Å². The van der Waals surface area contributed by atoms with Gasteiger partial charge in [-0.15, -0.1) is 0 Å². The molecule has 1 atom stereocenters. The van der Waals surface area contributed by atoms with Gasteiger partial charge in [-0.1, -0.05) is 0 Å². The highest BCUT2D eigenvalue weighted by Gasteiger charge is 2.16. The van der Waals surface area contributed by atoms with Crippen molar-refractivity contribution in [1.82, 2.24) is 4.90 Å². The average molecular weight is 131 g/mol. The molecule has 0 saturated carbocycles. The summed E-state index contributed by atoms with van der Waals surface area (Å²) in [6, 6.07) is 0. The van der Waals surface area contributed by atoms with Gasteiger partial charge in [-0.3, -0.25) is 0 Å². The van der Waals surface area contributed by atoms with Gasteiger partial charge in [0.15, 0.2) is 0 Å². The zero-order valence-electron chi connectivity index (χ0n) is 5.30. The summed E-state index contributed by atoms with van der Waals surface area (Å²) >= 11 is 4.23. The molecule has 0 N–H and O–H groups in total. The zero-order chi connectivity index (χ0) is 5.98. The molecule has 0 bridgehead atoms. The molecule has 0 aromatic carbocycles. The maximum Gasteiger partial charge on any atom is 0.00149 e. The van der Waals surface area contributed by atoms with Crippen LogP contribution >= 0.6 is 12.6 Å². The van der Waals surface area contributed by atoms with Crippen molar-refractivity contribution >= 4 is 12.6 Å². The Morgan fingerprint density at radius 2 is 2.50 bits per heavy atom. The van der Waals surface area contributed by atoms with E-state index in [1.54, 1.807) is 0 Å². The van der Waals surface area contributed by atoms with Gasteiger partial charge in [-0.05, 0) is 31.7 Å². The van der Waals surface area contributed by atoms with Crippen molar-refractivity contribution in [2.45, 2.75) is 6.42 Å². The molecular formula is C6H13NS. The molecule has 0 spiro atoms. The average Bonchev–Trinajstić information content (AvgIpc) is 2.14. The normalized spacial score (nSPS) is 31.5. The lowest BCUT2D eigenvalue weighted by Gasteiger charge is -2.05. The van der Waals surface area contributed by atoms with Crippen LogP contribution < -0.4 is 0 Å².